The summed E-state index contributed by atoms with van der Waals surface area (Å²) >= 11 is 0. The molecule has 0 aliphatic carbocycles. The highest BCUT2D eigenvalue weighted by Crippen LogP contribution is 2.23. The maximum absolute atomic E-state index is 13.1. The predicted octanol–water partition coefficient (Wildman–Crippen LogP) is 3.99. The predicted molar refractivity (Wildman–Crippen MR) is 115 cm³/mol. The van der Waals surface area contributed by atoms with Crippen LogP contribution in [-0.2, 0) is 11.3 Å². The van der Waals surface area contributed by atoms with Crippen molar-refractivity contribution in [1.82, 2.24) is 14.8 Å². The van der Waals surface area contributed by atoms with Crippen LogP contribution >= 0.6 is 0 Å². The number of benzene rings is 2. The number of H-pyrrole nitrogens is 1. The Balaban J connectivity index is 1.43. The van der Waals surface area contributed by atoms with Gasteiger partial charge in [0.15, 0.2) is 0 Å². The van der Waals surface area contributed by atoms with Crippen molar-refractivity contribution in [1.29, 1.82) is 0 Å². The highest BCUT2D eigenvalue weighted by Gasteiger charge is 2.30. The molecule has 1 N–H and O–H groups in total. The summed E-state index contributed by atoms with van der Waals surface area (Å²) in [6.45, 7) is 3.77. The Morgan fingerprint density at radius 3 is 2.72 bits per heavy atom. The molecule has 3 aromatic rings. The van der Waals surface area contributed by atoms with Gasteiger partial charge in [0.25, 0.3) is 5.91 Å². The average molecular weight is 389 g/mol. The number of aromatic amines is 1. The van der Waals surface area contributed by atoms with E-state index in [1.807, 2.05) is 67.5 Å². The van der Waals surface area contributed by atoms with Gasteiger partial charge < -0.3 is 14.8 Å². The largest absolute Gasteiger partial charge is 0.361 e. The summed E-state index contributed by atoms with van der Waals surface area (Å²) in [6, 6.07) is 15.8. The molecule has 1 aromatic heterocycles. The summed E-state index contributed by atoms with van der Waals surface area (Å²) in [6.07, 6.45) is 3.61. The molecule has 0 spiro atoms. The normalized spacial score (nSPS) is 16.8. The number of hydrogen-bond donors (Lipinski definition) is 1. The fourth-order valence-electron chi connectivity index (χ4n) is 4.18. The number of hydrogen-bond acceptors (Lipinski definition) is 2. The lowest BCUT2D eigenvalue weighted by molar-refractivity contribution is -0.136. The maximum Gasteiger partial charge on any atom is 0.253 e. The number of likely N-dealkylation sites (tertiary alicyclic amines) is 1. The number of nitrogens with zero attached hydrogens (tertiary/aromatic N) is 2. The topological polar surface area (TPSA) is 56.4 Å². The number of piperidine rings is 1. The zero-order chi connectivity index (χ0) is 20.4. The molecule has 5 nitrogen and oxygen atoms in total. The Hall–Kier alpha value is -3.08. The SMILES string of the molecule is Cc1ccc(C(=O)N2CCCC(C(=O)N(C)Cc3cccc4[nH]ccc34)C2)cc1. The lowest BCUT2D eigenvalue weighted by Gasteiger charge is -2.34. The van der Waals surface area contributed by atoms with Crippen molar-refractivity contribution >= 4 is 22.7 Å². The van der Waals surface area contributed by atoms with Crippen molar-refractivity contribution in [3.05, 3.63) is 71.4 Å². The van der Waals surface area contributed by atoms with Crippen LogP contribution < -0.4 is 0 Å². The van der Waals surface area contributed by atoms with Gasteiger partial charge in [-0.3, -0.25) is 9.59 Å². The Bertz CT molecular complexity index is 1020. The van der Waals surface area contributed by atoms with Crippen LogP contribution in [0.2, 0.25) is 0 Å². The van der Waals surface area contributed by atoms with E-state index in [0.29, 0.717) is 25.2 Å². The third kappa shape index (κ3) is 4.04. The minimum atomic E-state index is -0.145. The van der Waals surface area contributed by atoms with Crippen molar-refractivity contribution in [2.24, 2.45) is 5.92 Å². The molecule has 2 amide bonds. The second-order valence-corrected chi connectivity index (χ2v) is 8.01. The van der Waals surface area contributed by atoms with Gasteiger partial charge in [0.05, 0.1) is 5.92 Å². The van der Waals surface area contributed by atoms with Crippen LogP contribution in [0.5, 0.6) is 0 Å². The van der Waals surface area contributed by atoms with Crippen molar-refractivity contribution in [3.63, 3.8) is 0 Å². The Morgan fingerprint density at radius 2 is 1.93 bits per heavy atom. The second kappa shape index (κ2) is 8.11. The Morgan fingerprint density at radius 1 is 1.14 bits per heavy atom. The lowest BCUT2D eigenvalue weighted by Crippen LogP contribution is -2.45. The van der Waals surface area contributed by atoms with E-state index < -0.39 is 0 Å². The number of aromatic nitrogens is 1. The van der Waals surface area contributed by atoms with E-state index in [2.05, 4.69) is 11.1 Å². The first-order valence-electron chi connectivity index (χ1n) is 10.2. The molecule has 1 aliphatic heterocycles. The van der Waals surface area contributed by atoms with Gasteiger partial charge in [-0.1, -0.05) is 29.8 Å². The lowest BCUT2D eigenvalue weighted by atomic mass is 9.95. The molecule has 1 fully saturated rings. The molecule has 1 atom stereocenters. The molecule has 5 heteroatoms. The summed E-state index contributed by atoms with van der Waals surface area (Å²) in [5, 5.41) is 1.15. The van der Waals surface area contributed by atoms with Crippen LogP contribution in [0, 0.1) is 12.8 Å². The second-order valence-electron chi connectivity index (χ2n) is 8.01. The van der Waals surface area contributed by atoms with Gasteiger partial charge in [-0.2, -0.15) is 0 Å². The summed E-state index contributed by atoms with van der Waals surface area (Å²) < 4.78 is 0. The summed E-state index contributed by atoms with van der Waals surface area (Å²) in [5.74, 6) is -0.0187. The zero-order valence-electron chi connectivity index (χ0n) is 17.0. The number of aryl methyl sites for hydroxylation is 1. The number of carbonyl (C=O) groups is 2. The van der Waals surface area contributed by atoms with Crippen LogP contribution in [-0.4, -0.2) is 46.7 Å². The van der Waals surface area contributed by atoms with E-state index in [-0.39, 0.29) is 17.7 Å². The Labute approximate surface area is 171 Å². The first-order chi connectivity index (χ1) is 14.0. The molecular weight excluding hydrogens is 362 g/mol. The molecule has 1 saturated heterocycles. The van der Waals surface area contributed by atoms with Gasteiger partial charge in [-0.15, -0.1) is 0 Å². The molecule has 0 radical (unpaired) electrons. The number of fused-ring (bicyclic) bond motifs is 1. The molecule has 0 bridgehead atoms. The van der Waals surface area contributed by atoms with Crippen molar-refractivity contribution < 1.29 is 9.59 Å². The average Bonchev–Trinajstić information content (AvgIpc) is 3.23. The van der Waals surface area contributed by atoms with Gasteiger partial charge in [0.1, 0.15) is 0 Å². The van der Waals surface area contributed by atoms with Crippen LogP contribution in [0.15, 0.2) is 54.7 Å². The molecular formula is C24H27N3O2. The van der Waals surface area contributed by atoms with Gasteiger partial charge >= 0.3 is 0 Å². The van der Waals surface area contributed by atoms with Crippen LogP contribution in [0.25, 0.3) is 10.9 Å². The zero-order valence-corrected chi connectivity index (χ0v) is 17.0. The first-order valence-corrected chi connectivity index (χ1v) is 10.2. The standard InChI is InChI=1S/C24H27N3O2/c1-17-8-10-18(11-9-17)24(29)27-14-4-6-20(16-27)23(28)26(2)15-19-5-3-7-22-21(19)12-13-25-22/h3,5,7-13,20,25H,4,6,14-16H2,1-2H3. The molecule has 2 aromatic carbocycles. The first kappa shape index (κ1) is 19.2. The number of amides is 2. The number of carbonyl (C=O) groups excluding carboxylic acids is 2. The van der Waals surface area contributed by atoms with Gasteiger partial charge in [-0.25, -0.2) is 0 Å². The molecule has 1 unspecified atom stereocenters. The maximum atomic E-state index is 13.1. The molecule has 1 aliphatic rings. The highest BCUT2D eigenvalue weighted by molar-refractivity contribution is 5.94. The molecule has 29 heavy (non-hydrogen) atoms. The fraction of sp³-hybridized carbons (Fsp3) is 0.333. The van der Waals surface area contributed by atoms with Crippen molar-refractivity contribution in [2.45, 2.75) is 26.3 Å². The molecule has 150 valence electrons. The smallest absolute Gasteiger partial charge is 0.253 e. The van der Waals surface area contributed by atoms with Crippen molar-refractivity contribution in [3.8, 4) is 0 Å². The van der Waals surface area contributed by atoms with Crippen molar-refractivity contribution in [2.75, 3.05) is 20.1 Å². The molecule has 0 saturated carbocycles. The third-order valence-electron chi connectivity index (χ3n) is 5.83. The van der Waals surface area contributed by atoms with Gasteiger partial charge in [-0.05, 0) is 49.6 Å². The van der Waals surface area contributed by atoms with E-state index in [0.717, 1.165) is 34.9 Å². The monoisotopic (exact) mass is 389 g/mol. The summed E-state index contributed by atoms with van der Waals surface area (Å²) in [4.78, 5) is 32.8. The quantitative estimate of drug-likeness (QED) is 0.734. The van der Waals surface area contributed by atoms with E-state index in [1.54, 1.807) is 4.90 Å². The van der Waals surface area contributed by atoms with E-state index in [4.69, 9.17) is 0 Å². The summed E-state index contributed by atoms with van der Waals surface area (Å²) in [7, 11) is 1.86. The van der Waals surface area contributed by atoms with Crippen LogP contribution in [0.3, 0.4) is 0 Å². The number of nitrogens with one attached hydrogen (secondary N) is 1. The summed E-state index contributed by atoms with van der Waals surface area (Å²) in [5.41, 5.74) is 4.03. The Kier molecular flexibility index (Phi) is 5.38. The molecule has 4 rings (SSSR count). The third-order valence-corrected chi connectivity index (χ3v) is 5.83. The minimum Gasteiger partial charge on any atom is -0.361 e. The van der Waals surface area contributed by atoms with E-state index >= 15 is 0 Å². The number of rotatable bonds is 4. The van der Waals surface area contributed by atoms with E-state index in [9.17, 15) is 9.59 Å². The minimum absolute atomic E-state index is 0.0160. The van der Waals surface area contributed by atoms with E-state index in [1.165, 1.54) is 0 Å². The van der Waals surface area contributed by atoms with Gasteiger partial charge in [0.2, 0.25) is 5.91 Å². The van der Waals surface area contributed by atoms with Crippen LogP contribution in [0.1, 0.15) is 34.3 Å². The highest BCUT2D eigenvalue weighted by atomic mass is 16.2. The van der Waals surface area contributed by atoms with Crippen LogP contribution in [0.4, 0.5) is 0 Å². The fourth-order valence-corrected chi connectivity index (χ4v) is 4.18. The van der Waals surface area contributed by atoms with Gasteiger partial charge in [0, 0.05) is 49.3 Å². The molecule has 2 heterocycles.